The van der Waals surface area contributed by atoms with Crippen LogP contribution in [0, 0.1) is 0 Å². The van der Waals surface area contributed by atoms with Gasteiger partial charge in [-0.2, -0.15) is 13.2 Å². The molecule has 1 aliphatic heterocycles. The maximum absolute atomic E-state index is 12.2. The van der Waals surface area contributed by atoms with Crippen molar-refractivity contribution in [2.75, 3.05) is 19.7 Å². The van der Waals surface area contributed by atoms with Gasteiger partial charge < -0.3 is 4.74 Å². The second kappa shape index (κ2) is 2.88. The Balaban J connectivity index is 2.58. The van der Waals surface area contributed by atoms with E-state index in [0.29, 0.717) is 4.90 Å². The van der Waals surface area contributed by atoms with Crippen LogP contribution < -0.4 is 0 Å². The van der Waals surface area contributed by atoms with Crippen LogP contribution in [0.5, 0.6) is 0 Å². The van der Waals surface area contributed by atoms with Crippen LogP contribution in [0.25, 0.3) is 0 Å². The van der Waals surface area contributed by atoms with E-state index in [9.17, 15) is 13.2 Å². The molecule has 0 N–H and O–H groups in total. The van der Waals surface area contributed by atoms with Gasteiger partial charge in [-0.3, -0.25) is 0 Å². The molecule has 1 fully saturated rings. The Kier molecular flexibility index (Phi) is 2.35. The first kappa shape index (κ1) is 9.80. The highest BCUT2D eigenvalue weighted by Gasteiger charge is 2.42. The number of morpholine rings is 1. The number of rotatable bonds is 0. The van der Waals surface area contributed by atoms with Crippen molar-refractivity contribution in [1.82, 2.24) is 4.90 Å². The Hall–Kier alpha value is -0.290. The SMILES string of the molecule is CC1(C)CN(C(F)(F)F)CCO1. The second-order valence-corrected chi connectivity index (χ2v) is 3.50. The lowest BCUT2D eigenvalue weighted by atomic mass is 10.1. The number of ether oxygens (including phenoxy) is 1. The third kappa shape index (κ3) is 2.35. The van der Waals surface area contributed by atoms with E-state index in [4.69, 9.17) is 4.74 Å². The van der Waals surface area contributed by atoms with Gasteiger partial charge in [-0.05, 0) is 13.8 Å². The molecule has 5 heteroatoms. The van der Waals surface area contributed by atoms with Gasteiger partial charge in [0.15, 0.2) is 0 Å². The highest BCUT2D eigenvalue weighted by molar-refractivity contribution is 4.79. The minimum Gasteiger partial charge on any atom is -0.373 e. The molecule has 72 valence electrons. The molecule has 0 aromatic heterocycles. The minimum absolute atomic E-state index is 0.0626. The standard InChI is InChI=1S/C7H12F3NO/c1-6(2)5-11(3-4-12-6)7(8,9)10/h3-5H2,1-2H3. The predicted molar refractivity (Wildman–Crippen MR) is 37.7 cm³/mol. The zero-order valence-electron chi connectivity index (χ0n) is 7.11. The van der Waals surface area contributed by atoms with Gasteiger partial charge in [0.2, 0.25) is 0 Å². The topological polar surface area (TPSA) is 12.5 Å². The van der Waals surface area contributed by atoms with Crippen LogP contribution in [0.15, 0.2) is 0 Å². The quantitative estimate of drug-likeness (QED) is 0.529. The minimum atomic E-state index is -4.22. The molecule has 0 spiro atoms. The molecule has 12 heavy (non-hydrogen) atoms. The average Bonchev–Trinajstić information content (AvgIpc) is 1.83. The Bertz CT molecular complexity index is 163. The fraction of sp³-hybridized carbons (Fsp3) is 1.00. The molecule has 0 aromatic carbocycles. The molecule has 1 rings (SSSR count). The van der Waals surface area contributed by atoms with Gasteiger partial charge in [-0.25, -0.2) is 4.90 Å². The van der Waals surface area contributed by atoms with Crippen LogP contribution in [0.2, 0.25) is 0 Å². The van der Waals surface area contributed by atoms with Crippen molar-refractivity contribution in [3.05, 3.63) is 0 Å². The van der Waals surface area contributed by atoms with Crippen molar-refractivity contribution in [1.29, 1.82) is 0 Å². The molecule has 2 nitrogen and oxygen atoms in total. The van der Waals surface area contributed by atoms with Crippen LogP contribution in [0.3, 0.4) is 0 Å². The Morgan fingerprint density at radius 1 is 1.33 bits per heavy atom. The first-order valence-corrected chi connectivity index (χ1v) is 3.77. The smallest absolute Gasteiger partial charge is 0.373 e. The lowest BCUT2D eigenvalue weighted by Crippen LogP contribution is -2.53. The Morgan fingerprint density at radius 3 is 2.25 bits per heavy atom. The van der Waals surface area contributed by atoms with Crippen molar-refractivity contribution < 1.29 is 17.9 Å². The van der Waals surface area contributed by atoms with E-state index in [1.54, 1.807) is 13.8 Å². The molecule has 1 saturated heterocycles. The monoisotopic (exact) mass is 183 g/mol. The zero-order chi connectivity index (χ0) is 9.41. The maximum atomic E-state index is 12.2. The van der Waals surface area contributed by atoms with Crippen LogP contribution in [-0.2, 0) is 4.74 Å². The molecule has 1 heterocycles. The largest absolute Gasteiger partial charge is 0.460 e. The molecule has 0 radical (unpaired) electrons. The summed E-state index contributed by atoms with van der Waals surface area (Å²) in [5.41, 5.74) is -0.687. The van der Waals surface area contributed by atoms with Gasteiger partial charge in [0, 0.05) is 13.1 Å². The molecule has 0 aliphatic carbocycles. The number of hydrogen-bond donors (Lipinski definition) is 0. The summed E-state index contributed by atoms with van der Waals surface area (Å²) in [6.07, 6.45) is -4.22. The zero-order valence-corrected chi connectivity index (χ0v) is 7.11. The molecule has 0 aromatic rings. The third-order valence-corrected chi connectivity index (χ3v) is 1.78. The first-order chi connectivity index (χ1) is 5.31. The Labute approximate surface area is 69.3 Å². The molecule has 0 unspecified atom stereocenters. The fourth-order valence-corrected chi connectivity index (χ4v) is 1.23. The molecule has 0 atom stereocenters. The first-order valence-electron chi connectivity index (χ1n) is 3.77. The van der Waals surface area contributed by atoms with Crippen LogP contribution in [0.1, 0.15) is 13.8 Å². The highest BCUT2D eigenvalue weighted by atomic mass is 19.4. The van der Waals surface area contributed by atoms with Gasteiger partial charge in [-0.15, -0.1) is 0 Å². The van der Waals surface area contributed by atoms with Gasteiger partial charge in [-0.1, -0.05) is 0 Å². The molecule has 0 saturated carbocycles. The molecule has 0 amide bonds. The highest BCUT2D eigenvalue weighted by Crippen LogP contribution is 2.27. The fourth-order valence-electron chi connectivity index (χ4n) is 1.23. The summed E-state index contributed by atoms with van der Waals surface area (Å²) in [6, 6.07) is 0. The van der Waals surface area contributed by atoms with Crippen LogP contribution in [0.4, 0.5) is 13.2 Å². The van der Waals surface area contributed by atoms with E-state index in [2.05, 4.69) is 0 Å². The summed E-state index contributed by atoms with van der Waals surface area (Å²) in [4.78, 5) is 0.483. The van der Waals surface area contributed by atoms with Crippen LogP contribution >= 0.6 is 0 Å². The lowest BCUT2D eigenvalue weighted by Gasteiger charge is -2.38. The van der Waals surface area contributed by atoms with Crippen molar-refractivity contribution >= 4 is 0 Å². The van der Waals surface area contributed by atoms with Gasteiger partial charge in [0.1, 0.15) is 0 Å². The van der Waals surface area contributed by atoms with Crippen molar-refractivity contribution in [2.45, 2.75) is 25.7 Å². The van der Waals surface area contributed by atoms with E-state index < -0.39 is 11.9 Å². The number of nitrogens with zero attached hydrogens (tertiary/aromatic N) is 1. The summed E-state index contributed by atoms with van der Waals surface area (Å²) < 4.78 is 41.6. The second-order valence-electron chi connectivity index (χ2n) is 3.50. The van der Waals surface area contributed by atoms with E-state index in [1.165, 1.54) is 0 Å². The van der Waals surface area contributed by atoms with Crippen LogP contribution in [-0.4, -0.2) is 36.5 Å². The van der Waals surface area contributed by atoms with E-state index in [0.717, 1.165) is 0 Å². The van der Waals surface area contributed by atoms with Crippen molar-refractivity contribution in [3.63, 3.8) is 0 Å². The maximum Gasteiger partial charge on any atom is 0.460 e. The number of alkyl halides is 3. The lowest BCUT2D eigenvalue weighted by molar-refractivity contribution is -0.276. The summed E-state index contributed by atoms with van der Waals surface area (Å²) >= 11 is 0. The van der Waals surface area contributed by atoms with Gasteiger partial charge in [0.25, 0.3) is 0 Å². The van der Waals surface area contributed by atoms with Gasteiger partial charge >= 0.3 is 6.30 Å². The third-order valence-electron chi connectivity index (χ3n) is 1.78. The molecule has 1 aliphatic rings. The van der Waals surface area contributed by atoms with Gasteiger partial charge in [0.05, 0.1) is 12.2 Å². The van der Waals surface area contributed by atoms with E-state index in [-0.39, 0.29) is 19.7 Å². The Morgan fingerprint density at radius 2 is 1.92 bits per heavy atom. The summed E-state index contributed by atoms with van der Waals surface area (Å²) in [6.45, 7) is 3.31. The molecule has 0 bridgehead atoms. The van der Waals surface area contributed by atoms with Crippen molar-refractivity contribution in [2.24, 2.45) is 0 Å². The molecular weight excluding hydrogens is 171 g/mol. The van der Waals surface area contributed by atoms with Crippen molar-refractivity contribution in [3.8, 4) is 0 Å². The van der Waals surface area contributed by atoms with E-state index >= 15 is 0 Å². The number of hydrogen-bond acceptors (Lipinski definition) is 2. The van der Waals surface area contributed by atoms with E-state index in [1.807, 2.05) is 0 Å². The summed E-state index contributed by atoms with van der Waals surface area (Å²) in [5.74, 6) is 0. The number of halogens is 3. The summed E-state index contributed by atoms with van der Waals surface area (Å²) in [7, 11) is 0. The average molecular weight is 183 g/mol. The predicted octanol–water partition coefficient (Wildman–Crippen LogP) is 1.62. The molecular formula is C7H12F3NO. The normalized spacial score (nSPS) is 25.8. The summed E-state index contributed by atoms with van der Waals surface area (Å²) in [5, 5.41) is 0.